The molecule has 28 heavy (non-hydrogen) atoms. The smallest absolute Gasteiger partial charge is 0.307 e. The summed E-state index contributed by atoms with van der Waals surface area (Å²) in [6.45, 7) is 3.72. The van der Waals surface area contributed by atoms with Crippen molar-refractivity contribution in [3.8, 4) is 0 Å². The first-order valence-corrected chi connectivity index (χ1v) is 11.3. The predicted octanol–water partition coefficient (Wildman–Crippen LogP) is 3.11. The summed E-state index contributed by atoms with van der Waals surface area (Å²) in [5.74, 6) is -0.664. The second kappa shape index (κ2) is 10.4. The Balaban J connectivity index is 1.70. The van der Waals surface area contributed by atoms with Crippen molar-refractivity contribution >= 4 is 38.9 Å². The Kier molecular flexibility index (Phi) is 8.16. The number of sulfonamides is 1. The molecule has 1 aromatic carbocycles. The van der Waals surface area contributed by atoms with E-state index in [0.29, 0.717) is 11.6 Å². The molecule has 0 aliphatic carbocycles. The molecular weight excluding hydrogens is 400 g/mol. The molecule has 152 valence electrons. The maximum absolute atomic E-state index is 11.9. The summed E-state index contributed by atoms with van der Waals surface area (Å²) in [4.78, 5) is 23.6. The molecule has 1 amide bonds. The lowest BCUT2D eigenvalue weighted by atomic mass is 9.99. The summed E-state index contributed by atoms with van der Waals surface area (Å²) in [7, 11) is -3.61. The van der Waals surface area contributed by atoms with Crippen LogP contribution in [-0.2, 0) is 24.3 Å². The lowest BCUT2D eigenvalue weighted by molar-refractivity contribution is -0.147. The van der Waals surface area contributed by atoms with Crippen molar-refractivity contribution < 1.29 is 22.7 Å². The highest BCUT2D eigenvalue weighted by Crippen LogP contribution is 2.20. The van der Waals surface area contributed by atoms with Gasteiger partial charge < -0.3 is 10.1 Å². The van der Waals surface area contributed by atoms with E-state index >= 15 is 0 Å². The summed E-state index contributed by atoms with van der Waals surface area (Å²) in [5.41, 5.74) is 1.81. The molecule has 2 N–H and O–H groups in total. The Hall–Kier alpha value is -2.23. The molecule has 2 rings (SSSR count). The minimum atomic E-state index is -3.61. The third-order valence-electron chi connectivity index (χ3n) is 4.12. The van der Waals surface area contributed by atoms with Gasteiger partial charge in [-0.05, 0) is 41.5 Å². The molecule has 0 radical (unpaired) electrons. The number of hydrogen-bond donors (Lipinski definition) is 2. The summed E-state index contributed by atoms with van der Waals surface area (Å²) in [6.07, 6.45) is 0.868. The van der Waals surface area contributed by atoms with Crippen LogP contribution < -0.4 is 10.0 Å². The van der Waals surface area contributed by atoms with Gasteiger partial charge >= 0.3 is 5.97 Å². The van der Waals surface area contributed by atoms with E-state index in [0.717, 1.165) is 17.8 Å². The number of ether oxygens (including phenoxy) is 1. The molecule has 7 nitrogen and oxygen atoms in total. The van der Waals surface area contributed by atoms with Crippen molar-refractivity contribution in [1.82, 2.24) is 4.72 Å². The van der Waals surface area contributed by atoms with Gasteiger partial charge in [0.05, 0.1) is 6.42 Å². The maximum atomic E-state index is 11.9. The zero-order chi connectivity index (χ0) is 20.6. The van der Waals surface area contributed by atoms with E-state index in [9.17, 15) is 18.0 Å². The third-order valence-corrected chi connectivity index (χ3v) is 6.98. The van der Waals surface area contributed by atoms with Gasteiger partial charge in [0.1, 0.15) is 4.21 Å². The summed E-state index contributed by atoms with van der Waals surface area (Å²) >= 11 is 1.09. The monoisotopic (exact) mass is 424 g/mol. The Morgan fingerprint density at radius 1 is 1.18 bits per heavy atom. The molecule has 2 aromatic rings. The molecule has 1 aromatic heterocycles. The molecule has 0 fully saturated rings. The molecule has 1 atom stereocenters. The van der Waals surface area contributed by atoms with Crippen LogP contribution in [0.5, 0.6) is 0 Å². The summed E-state index contributed by atoms with van der Waals surface area (Å²) in [5, 5.41) is 4.31. The van der Waals surface area contributed by atoms with Crippen LogP contribution in [0.1, 0.15) is 38.2 Å². The SMILES string of the molecule is CC[C@@H](C)c1ccc(NC(=O)COC(=O)CCNS(=O)(=O)c2cccs2)cc1. The first kappa shape index (κ1) is 22.1. The van der Waals surface area contributed by atoms with Gasteiger partial charge in [-0.15, -0.1) is 11.3 Å². The lowest BCUT2D eigenvalue weighted by Gasteiger charge is -2.11. The van der Waals surface area contributed by atoms with Crippen LogP contribution >= 0.6 is 11.3 Å². The van der Waals surface area contributed by atoms with Gasteiger partial charge in [0.2, 0.25) is 10.0 Å². The van der Waals surface area contributed by atoms with Crippen molar-refractivity contribution in [3.63, 3.8) is 0 Å². The number of benzene rings is 1. The van der Waals surface area contributed by atoms with Crippen LogP contribution in [-0.4, -0.2) is 33.4 Å². The van der Waals surface area contributed by atoms with Crippen molar-refractivity contribution in [2.45, 2.75) is 36.8 Å². The van der Waals surface area contributed by atoms with Gasteiger partial charge in [0.15, 0.2) is 6.61 Å². The molecule has 0 unspecified atom stereocenters. The van der Waals surface area contributed by atoms with Crippen LogP contribution in [0.3, 0.4) is 0 Å². The van der Waals surface area contributed by atoms with E-state index < -0.39 is 28.5 Å². The lowest BCUT2D eigenvalue weighted by Crippen LogP contribution is -2.27. The van der Waals surface area contributed by atoms with Gasteiger partial charge in [0, 0.05) is 12.2 Å². The van der Waals surface area contributed by atoms with Crippen molar-refractivity contribution in [2.24, 2.45) is 0 Å². The van der Waals surface area contributed by atoms with Gasteiger partial charge in [-0.25, -0.2) is 13.1 Å². The van der Waals surface area contributed by atoms with E-state index in [1.54, 1.807) is 23.6 Å². The number of hydrogen-bond acceptors (Lipinski definition) is 6. The fraction of sp³-hybridized carbons (Fsp3) is 0.368. The highest BCUT2D eigenvalue weighted by Gasteiger charge is 2.15. The fourth-order valence-corrected chi connectivity index (χ4v) is 4.39. The summed E-state index contributed by atoms with van der Waals surface area (Å²) < 4.78 is 31.2. The van der Waals surface area contributed by atoms with E-state index in [1.807, 2.05) is 12.1 Å². The molecule has 1 heterocycles. The number of rotatable bonds is 10. The maximum Gasteiger partial charge on any atom is 0.307 e. The van der Waals surface area contributed by atoms with E-state index in [1.165, 1.54) is 11.6 Å². The highest BCUT2D eigenvalue weighted by molar-refractivity contribution is 7.91. The number of carbonyl (C=O) groups is 2. The second-order valence-corrected chi connectivity index (χ2v) is 9.16. The first-order valence-electron chi connectivity index (χ1n) is 8.90. The van der Waals surface area contributed by atoms with E-state index in [-0.39, 0.29) is 17.2 Å². The molecule has 0 aliphatic heterocycles. The highest BCUT2D eigenvalue weighted by atomic mass is 32.2. The molecule has 9 heteroatoms. The minimum absolute atomic E-state index is 0.0994. The Morgan fingerprint density at radius 2 is 1.89 bits per heavy atom. The van der Waals surface area contributed by atoms with Crippen molar-refractivity contribution in [1.29, 1.82) is 0 Å². The molecule has 0 bridgehead atoms. The Bertz CT molecular complexity index is 878. The van der Waals surface area contributed by atoms with Crippen LogP contribution in [0.2, 0.25) is 0 Å². The fourth-order valence-electron chi connectivity index (χ4n) is 2.32. The quantitative estimate of drug-likeness (QED) is 0.571. The van der Waals surface area contributed by atoms with Crippen LogP contribution in [0.25, 0.3) is 0 Å². The van der Waals surface area contributed by atoms with Crippen LogP contribution in [0.15, 0.2) is 46.0 Å². The predicted molar refractivity (Wildman–Crippen MR) is 109 cm³/mol. The summed E-state index contributed by atoms with van der Waals surface area (Å²) in [6, 6.07) is 10.6. The van der Waals surface area contributed by atoms with Gasteiger partial charge in [-0.2, -0.15) is 0 Å². The van der Waals surface area contributed by atoms with Crippen molar-refractivity contribution in [2.75, 3.05) is 18.5 Å². The number of thiophene rings is 1. The third kappa shape index (κ3) is 6.74. The molecular formula is C19H24N2O5S2. The number of anilines is 1. The van der Waals surface area contributed by atoms with E-state index in [4.69, 9.17) is 4.74 Å². The van der Waals surface area contributed by atoms with Crippen LogP contribution in [0.4, 0.5) is 5.69 Å². The standard InChI is InChI=1S/C19H24N2O5S2/c1-3-14(2)15-6-8-16(9-7-15)21-17(22)13-26-18(23)10-11-20-28(24,25)19-5-4-12-27-19/h4-9,12,14,20H,3,10-11,13H2,1-2H3,(H,21,22)/t14-/m1/s1. The number of carbonyl (C=O) groups excluding carboxylic acids is 2. The van der Waals surface area contributed by atoms with Gasteiger partial charge in [-0.1, -0.05) is 32.0 Å². The molecule has 0 saturated carbocycles. The Morgan fingerprint density at radius 3 is 2.50 bits per heavy atom. The van der Waals surface area contributed by atoms with E-state index in [2.05, 4.69) is 23.9 Å². The molecule has 0 spiro atoms. The topological polar surface area (TPSA) is 102 Å². The zero-order valence-corrected chi connectivity index (χ0v) is 17.4. The van der Waals surface area contributed by atoms with Crippen LogP contribution in [0, 0.1) is 0 Å². The number of esters is 1. The number of nitrogens with one attached hydrogen (secondary N) is 2. The molecule has 0 saturated heterocycles. The number of amides is 1. The molecule has 0 aliphatic rings. The van der Waals surface area contributed by atoms with Gasteiger partial charge in [-0.3, -0.25) is 9.59 Å². The van der Waals surface area contributed by atoms with Gasteiger partial charge in [0.25, 0.3) is 5.91 Å². The average molecular weight is 425 g/mol. The minimum Gasteiger partial charge on any atom is -0.456 e. The largest absolute Gasteiger partial charge is 0.456 e. The average Bonchev–Trinajstić information content (AvgIpc) is 3.22. The Labute approximate surface area is 169 Å². The first-order chi connectivity index (χ1) is 13.3. The zero-order valence-electron chi connectivity index (χ0n) is 15.8. The second-order valence-electron chi connectivity index (χ2n) is 6.22. The van der Waals surface area contributed by atoms with Crippen molar-refractivity contribution in [3.05, 3.63) is 47.3 Å². The normalized spacial score (nSPS) is 12.4.